The highest BCUT2D eigenvalue weighted by atomic mass is 16.5. The lowest BCUT2D eigenvalue weighted by atomic mass is 9.93. The Hall–Kier alpha value is -4.95. The second-order valence-corrected chi connectivity index (χ2v) is 12.4. The molecule has 11 heteroatoms. The number of carbonyl (C=O) groups is 1. The largest absolute Gasteiger partial charge is 0.457 e. The topological polar surface area (TPSA) is 144 Å². The minimum atomic E-state index is -0.587. The average molecular weight is 595 g/mol. The molecule has 3 N–H and O–H groups in total. The van der Waals surface area contributed by atoms with Crippen molar-refractivity contribution in [2.24, 2.45) is 5.41 Å². The van der Waals surface area contributed by atoms with Gasteiger partial charge in [0.05, 0.1) is 5.69 Å². The first-order chi connectivity index (χ1) is 21.0. The van der Waals surface area contributed by atoms with E-state index in [-0.39, 0.29) is 30.2 Å². The molecule has 11 nitrogen and oxygen atoms in total. The molecule has 0 bridgehead atoms. The number of fused-ring (bicyclic) bond motifs is 1. The first-order valence-electron chi connectivity index (χ1n) is 14.7. The third kappa shape index (κ3) is 6.50. The third-order valence-corrected chi connectivity index (χ3v) is 7.90. The number of aromatic nitrogens is 4. The fourth-order valence-electron chi connectivity index (χ4n) is 5.56. The molecule has 4 aromatic rings. The highest BCUT2D eigenvalue weighted by Gasteiger charge is 2.30. The second-order valence-electron chi connectivity index (χ2n) is 12.4. The summed E-state index contributed by atoms with van der Waals surface area (Å²) in [4.78, 5) is 37.8. The molecular weight excluding hydrogens is 556 g/mol. The summed E-state index contributed by atoms with van der Waals surface area (Å²) in [6.45, 7) is 10.3. The molecule has 2 aromatic carbocycles. The molecule has 0 unspecified atom stereocenters. The van der Waals surface area contributed by atoms with E-state index < -0.39 is 16.9 Å². The molecule has 5 rings (SSSR count). The van der Waals surface area contributed by atoms with Crippen LogP contribution in [0.5, 0.6) is 11.5 Å². The summed E-state index contributed by atoms with van der Waals surface area (Å²) in [6, 6.07) is 18.6. The number of hydrogen-bond donors (Lipinski definition) is 2. The van der Waals surface area contributed by atoms with Crippen LogP contribution in [0.25, 0.3) is 16.9 Å². The average Bonchev–Trinajstić information content (AvgIpc) is 3.65. The molecular formula is C33H38N8O3. The van der Waals surface area contributed by atoms with Gasteiger partial charge < -0.3 is 15.8 Å². The van der Waals surface area contributed by atoms with E-state index in [0.717, 1.165) is 25.9 Å². The number of nitrogens with one attached hydrogen (secondary N) is 1. The standard InChI is InChI=1S/C33H38N8O3/c1-32(2,20-36-30(42)23(19-34)18-33(3,4)39-16-8-9-17-39)21-40-29-27(28(35)37-22-38-29)41(31(40)43)24-12-14-26(15-13-24)44-25-10-6-5-7-11-25/h5-7,10-15,18,22H,8-9,16-17,20-21H2,1-4H3,(H,36,42)(H2,35,37,38)/b23-18+. The number of rotatable bonds is 10. The Kier molecular flexibility index (Phi) is 8.56. The SMILES string of the molecule is CC(C)(CNC(=O)/C(C#N)=C/C(C)(C)N1CCCC1)Cn1c(=O)n(-c2ccc(Oc3ccccc3)cc2)c2c(N)ncnc21. The molecule has 228 valence electrons. The number of nitrogens with two attached hydrogens (primary N) is 1. The van der Waals surface area contributed by atoms with Gasteiger partial charge in [0, 0.05) is 24.0 Å². The molecule has 1 aliphatic rings. The smallest absolute Gasteiger partial charge is 0.335 e. The molecule has 1 amide bonds. The number of carbonyl (C=O) groups excluding carboxylic acids is 1. The number of likely N-dealkylation sites (tertiary alicyclic amines) is 1. The van der Waals surface area contributed by atoms with Gasteiger partial charge >= 0.3 is 5.69 Å². The van der Waals surface area contributed by atoms with Crippen LogP contribution >= 0.6 is 0 Å². The van der Waals surface area contributed by atoms with Crippen molar-refractivity contribution < 1.29 is 9.53 Å². The molecule has 1 saturated heterocycles. The van der Waals surface area contributed by atoms with Gasteiger partial charge in [0.15, 0.2) is 11.5 Å². The maximum absolute atomic E-state index is 13.9. The number of benzene rings is 2. The highest BCUT2D eigenvalue weighted by Crippen LogP contribution is 2.27. The molecule has 2 aromatic heterocycles. The Balaban J connectivity index is 1.37. The van der Waals surface area contributed by atoms with Crippen LogP contribution in [0.3, 0.4) is 0 Å². The van der Waals surface area contributed by atoms with Gasteiger partial charge in [0.1, 0.15) is 35.0 Å². The van der Waals surface area contributed by atoms with Gasteiger partial charge in [0.25, 0.3) is 5.91 Å². The Labute approximate surface area is 256 Å². The number of ether oxygens (including phenoxy) is 1. The van der Waals surface area contributed by atoms with Crippen molar-refractivity contribution in [2.75, 3.05) is 25.4 Å². The van der Waals surface area contributed by atoms with Crippen LogP contribution in [0, 0.1) is 16.7 Å². The van der Waals surface area contributed by atoms with Crippen molar-refractivity contribution in [3.8, 4) is 23.3 Å². The van der Waals surface area contributed by atoms with Crippen LogP contribution in [-0.2, 0) is 11.3 Å². The number of amides is 1. The molecule has 0 radical (unpaired) electrons. The van der Waals surface area contributed by atoms with Crippen molar-refractivity contribution in [1.82, 2.24) is 29.3 Å². The van der Waals surface area contributed by atoms with Crippen molar-refractivity contribution in [1.29, 1.82) is 5.26 Å². The van der Waals surface area contributed by atoms with E-state index >= 15 is 0 Å². The van der Waals surface area contributed by atoms with Crippen LogP contribution in [0.4, 0.5) is 5.82 Å². The summed E-state index contributed by atoms with van der Waals surface area (Å²) >= 11 is 0. The van der Waals surface area contributed by atoms with E-state index in [4.69, 9.17) is 10.5 Å². The Morgan fingerprint density at radius 3 is 2.36 bits per heavy atom. The molecule has 1 fully saturated rings. The van der Waals surface area contributed by atoms with Gasteiger partial charge in [0.2, 0.25) is 0 Å². The van der Waals surface area contributed by atoms with Gasteiger partial charge in [-0.1, -0.05) is 32.0 Å². The zero-order valence-electron chi connectivity index (χ0n) is 25.6. The summed E-state index contributed by atoms with van der Waals surface area (Å²) in [7, 11) is 0. The van der Waals surface area contributed by atoms with Gasteiger partial charge in [-0.05, 0) is 82.3 Å². The second kappa shape index (κ2) is 12.3. The molecule has 44 heavy (non-hydrogen) atoms. The summed E-state index contributed by atoms with van der Waals surface area (Å²) in [5.74, 6) is 1.05. The predicted octanol–water partition coefficient (Wildman–Crippen LogP) is 4.42. The fraction of sp³-hybridized carbons (Fsp3) is 0.364. The minimum Gasteiger partial charge on any atom is -0.457 e. The van der Waals surface area contributed by atoms with Crippen LogP contribution < -0.4 is 21.5 Å². The molecule has 0 spiro atoms. The minimum absolute atomic E-state index is 0.0756. The van der Waals surface area contributed by atoms with Crippen molar-refractivity contribution in [2.45, 2.75) is 52.6 Å². The highest BCUT2D eigenvalue weighted by molar-refractivity contribution is 5.97. The number of para-hydroxylation sites is 1. The van der Waals surface area contributed by atoms with Gasteiger partial charge in [-0.3, -0.25) is 18.8 Å². The summed E-state index contributed by atoms with van der Waals surface area (Å²) in [5.41, 5.74) is 6.37. The van der Waals surface area contributed by atoms with Crippen LogP contribution in [0.1, 0.15) is 40.5 Å². The number of nitrogens with zero attached hydrogens (tertiary/aromatic N) is 6. The lowest BCUT2D eigenvalue weighted by Gasteiger charge is -2.32. The van der Waals surface area contributed by atoms with Crippen LogP contribution in [-0.4, -0.2) is 55.1 Å². The quantitative estimate of drug-likeness (QED) is 0.203. The number of nitrogen functional groups attached to an aromatic ring is 1. The van der Waals surface area contributed by atoms with Crippen molar-refractivity contribution >= 4 is 22.9 Å². The van der Waals surface area contributed by atoms with Gasteiger partial charge in [-0.15, -0.1) is 0 Å². The molecule has 0 saturated carbocycles. The Bertz CT molecular complexity index is 1770. The predicted molar refractivity (Wildman–Crippen MR) is 169 cm³/mol. The number of anilines is 1. The Morgan fingerprint density at radius 1 is 1.05 bits per heavy atom. The van der Waals surface area contributed by atoms with E-state index in [1.807, 2.05) is 58.0 Å². The maximum atomic E-state index is 13.9. The first-order valence-corrected chi connectivity index (χ1v) is 14.7. The maximum Gasteiger partial charge on any atom is 0.335 e. The number of imidazole rings is 1. The summed E-state index contributed by atoms with van der Waals surface area (Å²) < 4.78 is 8.94. The lowest BCUT2D eigenvalue weighted by Crippen LogP contribution is -2.42. The van der Waals surface area contributed by atoms with E-state index in [1.54, 1.807) is 34.9 Å². The molecule has 0 aliphatic carbocycles. The normalized spacial score (nSPS) is 14.5. The van der Waals surface area contributed by atoms with E-state index in [9.17, 15) is 14.9 Å². The number of hydrogen-bond acceptors (Lipinski definition) is 8. The zero-order valence-corrected chi connectivity index (χ0v) is 25.6. The monoisotopic (exact) mass is 594 g/mol. The van der Waals surface area contributed by atoms with Crippen LogP contribution in [0.2, 0.25) is 0 Å². The fourth-order valence-corrected chi connectivity index (χ4v) is 5.56. The van der Waals surface area contributed by atoms with Crippen molar-refractivity contribution in [3.05, 3.63) is 83.1 Å². The number of nitriles is 1. The van der Waals surface area contributed by atoms with E-state index in [1.165, 1.54) is 10.9 Å². The Morgan fingerprint density at radius 2 is 1.70 bits per heavy atom. The third-order valence-electron chi connectivity index (χ3n) is 7.90. The summed E-state index contributed by atoms with van der Waals surface area (Å²) in [6.07, 6.45) is 5.30. The zero-order chi connectivity index (χ0) is 31.5. The molecule has 3 heterocycles. The van der Waals surface area contributed by atoms with E-state index in [2.05, 4.69) is 26.3 Å². The first kappa shape index (κ1) is 30.5. The van der Waals surface area contributed by atoms with Crippen LogP contribution in [0.15, 0.2) is 77.4 Å². The van der Waals surface area contributed by atoms with Crippen molar-refractivity contribution in [3.63, 3.8) is 0 Å². The lowest BCUT2D eigenvalue weighted by molar-refractivity contribution is -0.117. The van der Waals surface area contributed by atoms with Gasteiger partial charge in [-0.2, -0.15) is 5.26 Å². The molecule has 0 atom stereocenters. The molecule has 1 aliphatic heterocycles. The van der Waals surface area contributed by atoms with Gasteiger partial charge in [-0.25, -0.2) is 14.8 Å². The van der Waals surface area contributed by atoms with E-state index in [0.29, 0.717) is 28.4 Å². The summed E-state index contributed by atoms with van der Waals surface area (Å²) in [5, 5.41) is 12.7.